The number of nitrogens with one attached hydrogen (secondary N) is 2. The number of benzene rings is 1. The van der Waals surface area contributed by atoms with Crippen LogP contribution in [-0.2, 0) is 0 Å². The van der Waals surface area contributed by atoms with Crippen molar-refractivity contribution < 1.29 is 9.18 Å². The van der Waals surface area contributed by atoms with E-state index in [4.69, 9.17) is 0 Å². The molecule has 0 aromatic heterocycles. The van der Waals surface area contributed by atoms with Crippen LogP contribution in [-0.4, -0.2) is 36.1 Å². The Labute approximate surface area is 119 Å². The topological polar surface area (TPSA) is 44.4 Å². The number of hydrogen-bond acceptors (Lipinski definition) is 2. The first-order valence-corrected chi connectivity index (χ1v) is 7.12. The Morgan fingerprint density at radius 3 is 2.40 bits per heavy atom. The summed E-state index contributed by atoms with van der Waals surface area (Å²) in [5, 5.41) is 5.69. The molecule has 1 aliphatic heterocycles. The van der Waals surface area contributed by atoms with Crippen molar-refractivity contribution >= 4 is 11.7 Å². The van der Waals surface area contributed by atoms with Gasteiger partial charge in [0.05, 0.1) is 0 Å². The van der Waals surface area contributed by atoms with Gasteiger partial charge in [-0.3, -0.25) is 0 Å². The summed E-state index contributed by atoms with van der Waals surface area (Å²) in [7, 11) is 0. The molecular formula is C15H22FN3O. The summed E-state index contributed by atoms with van der Waals surface area (Å²) in [5.41, 5.74) is 0.600. The normalized spacial score (nSPS) is 17.2. The Balaban J connectivity index is 1.77. The molecule has 20 heavy (non-hydrogen) atoms. The summed E-state index contributed by atoms with van der Waals surface area (Å²) in [4.78, 5) is 14.3. The summed E-state index contributed by atoms with van der Waals surface area (Å²) < 4.78 is 12.8. The molecule has 2 N–H and O–H groups in total. The van der Waals surface area contributed by atoms with Crippen LogP contribution in [0.4, 0.5) is 14.9 Å². The molecule has 0 radical (unpaired) electrons. The number of hydrogen-bond donors (Lipinski definition) is 2. The number of nitrogens with zero attached hydrogens (tertiary/aromatic N) is 1. The highest BCUT2D eigenvalue weighted by atomic mass is 19.1. The SMILES string of the molecule is CC(C)N1CCC(NC(=O)Nc2ccc(F)cc2)CC1. The van der Waals surface area contributed by atoms with Crippen molar-refractivity contribution in [3.8, 4) is 0 Å². The molecule has 0 unspecified atom stereocenters. The minimum Gasteiger partial charge on any atom is -0.335 e. The highest BCUT2D eigenvalue weighted by Gasteiger charge is 2.21. The van der Waals surface area contributed by atoms with E-state index in [0.29, 0.717) is 11.7 Å². The summed E-state index contributed by atoms with van der Waals surface area (Å²) in [5.74, 6) is -0.308. The maximum absolute atomic E-state index is 12.8. The van der Waals surface area contributed by atoms with Crippen LogP contribution in [0.15, 0.2) is 24.3 Å². The van der Waals surface area contributed by atoms with Gasteiger partial charge in [0.25, 0.3) is 0 Å². The molecule has 2 amide bonds. The second-order valence-electron chi connectivity index (χ2n) is 5.51. The molecule has 2 rings (SSSR count). The molecule has 1 fully saturated rings. The van der Waals surface area contributed by atoms with Gasteiger partial charge in [0.15, 0.2) is 0 Å². The van der Waals surface area contributed by atoms with Crippen molar-refractivity contribution in [2.45, 2.75) is 38.8 Å². The van der Waals surface area contributed by atoms with Crippen molar-refractivity contribution in [1.82, 2.24) is 10.2 Å². The summed E-state index contributed by atoms with van der Waals surface area (Å²) in [6.07, 6.45) is 1.93. The number of rotatable bonds is 3. The van der Waals surface area contributed by atoms with Crippen LogP contribution in [0.1, 0.15) is 26.7 Å². The van der Waals surface area contributed by atoms with Gasteiger partial charge in [-0.25, -0.2) is 9.18 Å². The monoisotopic (exact) mass is 279 g/mol. The molecule has 1 aliphatic rings. The molecule has 0 aliphatic carbocycles. The van der Waals surface area contributed by atoms with E-state index in [1.807, 2.05) is 0 Å². The fourth-order valence-corrected chi connectivity index (χ4v) is 2.45. The second-order valence-corrected chi connectivity index (χ2v) is 5.51. The van der Waals surface area contributed by atoms with E-state index in [1.165, 1.54) is 12.1 Å². The number of urea groups is 1. The number of likely N-dealkylation sites (tertiary alicyclic amines) is 1. The molecule has 5 heteroatoms. The number of piperidine rings is 1. The van der Waals surface area contributed by atoms with Crippen molar-refractivity contribution in [3.63, 3.8) is 0 Å². The van der Waals surface area contributed by atoms with Crippen molar-refractivity contribution in [2.75, 3.05) is 18.4 Å². The van der Waals surface area contributed by atoms with Gasteiger partial charge in [0, 0.05) is 30.9 Å². The molecule has 1 aromatic carbocycles. The Morgan fingerprint density at radius 1 is 1.25 bits per heavy atom. The smallest absolute Gasteiger partial charge is 0.319 e. The van der Waals surface area contributed by atoms with Gasteiger partial charge >= 0.3 is 6.03 Å². The quantitative estimate of drug-likeness (QED) is 0.893. The van der Waals surface area contributed by atoms with Crippen molar-refractivity contribution in [1.29, 1.82) is 0 Å². The van der Waals surface area contributed by atoms with E-state index < -0.39 is 0 Å². The van der Waals surface area contributed by atoms with Gasteiger partial charge in [-0.1, -0.05) is 0 Å². The summed E-state index contributed by atoms with van der Waals surface area (Å²) in [6.45, 7) is 6.41. The van der Waals surface area contributed by atoms with Gasteiger partial charge in [0.1, 0.15) is 5.82 Å². The molecule has 1 aromatic rings. The van der Waals surface area contributed by atoms with Crippen LogP contribution < -0.4 is 10.6 Å². The first-order chi connectivity index (χ1) is 9.54. The number of amides is 2. The van der Waals surface area contributed by atoms with Crippen molar-refractivity contribution in [3.05, 3.63) is 30.1 Å². The predicted octanol–water partition coefficient (Wildman–Crippen LogP) is 2.82. The molecular weight excluding hydrogens is 257 g/mol. The maximum atomic E-state index is 12.8. The third kappa shape index (κ3) is 4.20. The van der Waals surface area contributed by atoms with E-state index in [-0.39, 0.29) is 17.9 Å². The first-order valence-electron chi connectivity index (χ1n) is 7.12. The standard InChI is InChI=1S/C15H22FN3O/c1-11(2)19-9-7-14(8-10-19)18-15(20)17-13-5-3-12(16)4-6-13/h3-6,11,14H,7-10H2,1-2H3,(H2,17,18,20). The first kappa shape index (κ1) is 14.8. The number of halogens is 1. The Kier molecular flexibility index (Phi) is 4.95. The molecule has 0 spiro atoms. The van der Waals surface area contributed by atoms with E-state index in [9.17, 15) is 9.18 Å². The lowest BCUT2D eigenvalue weighted by Gasteiger charge is -2.34. The largest absolute Gasteiger partial charge is 0.335 e. The fourth-order valence-electron chi connectivity index (χ4n) is 2.45. The zero-order chi connectivity index (χ0) is 14.5. The second kappa shape index (κ2) is 6.70. The van der Waals surface area contributed by atoms with Crippen LogP contribution in [0.2, 0.25) is 0 Å². The molecule has 4 nitrogen and oxygen atoms in total. The molecule has 1 heterocycles. The lowest BCUT2D eigenvalue weighted by Crippen LogP contribution is -2.47. The summed E-state index contributed by atoms with van der Waals surface area (Å²) >= 11 is 0. The molecule has 1 saturated heterocycles. The van der Waals surface area contributed by atoms with E-state index in [2.05, 4.69) is 29.4 Å². The highest BCUT2D eigenvalue weighted by molar-refractivity contribution is 5.89. The van der Waals surface area contributed by atoms with Crippen LogP contribution in [0.5, 0.6) is 0 Å². The predicted molar refractivity (Wildman–Crippen MR) is 78.3 cm³/mol. The number of carbonyl (C=O) groups excluding carboxylic acids is 1. The average molecular weight is 279 g/mol. The molecule has 0 saturated carbocycles. The average Bonchev–Trinajstić information content (AvgIpc) is 2.42. The Bertz CT molecular complexity index is 439. The fraction of sp³-hybridized carbons (Fsp3) is 0.533. The Morgan fingerprint density at radius 2 is 1.85 bits per heavy atom. The van der Waals surface area contributed by atoms with Gasteiger partial charge < -0.3 is 15.5 Å². The molecule has 0 atom stereocenters. The van der Waals surface area contributed by atoms with E-state index in [0.717, 1.165) is 25.9 Å². The number of carbonyl (C=O) groups is 1. The molecule has 0 bridgehead atoms. The minimum atomic E-state index is -0.308. The zero-order valence-electron chi connectivity index (χ0n) is 12.0. The van der Waals surface area contributed by atoms with Crippen LogP contribution in [0.25, 0.3) is 0 Å². The van der Waals surface area contributed by atoms with Gasteiger partial charge in [-0.05, 0) is 51.0 Å². The van der Waals surface area contributed by atoms with Crippen molar-refractivity contribution in [2.24, 2.45) is 0 Å². The maximum Gasteiger partial charge on any atom is 0.319 e. The summed E-state index contributed by atoms with van der Waals surface area (Å²) in [6, 6.07) is 6.31. The zero-order valence-corrected chi connectivity index (χ0v) is 12.0. The lowest BCUT2D eigenvalue weighted by atomic mass is 10.0. The van der Waals surface area contributed by atoms with Gasteiger partial charge in [0.2, 0.25) is 0 Å². The third-order valence-electron chi connectivity index (χ3n) is 3.70. The lowest BCUT2D eigenvalue weighted by molar-refractivity contribution is 0.163. The van der Waals surface area contributed by atoms with E-state index in [1.54, 1.807) is 12.1 Å². The van der Waals surface area contributed by atoms with E-state index >= 15 is 0 Å². The van der Waals surface area contributed by atoms with Gasteiger partial charge in [-0.15, -0.1) is 0 Å². The van der Waals surface area contributed by atoms with Gasteiger partial charge in [-0.2, -0.15) is 0 Å². The molecule has 110 valence electrons. The minimum absolute atomic E-state index is 0.213. The van der Waals surface area contributed by atoms with Crippen LogP contribution >= 0.6 is 0 Å². The highest BCUT2D eigenvalue weighted by Crippen LogP contribution is 2.13. The van der Waals surface area contributed by atoms with Crippen LogP contribution in [0, 0.1) is 5.82 Å². The Hall–Kier alpha value is -1.62. The third-order valence-corrected chi connectivity index (χ3v) is 3.70. The van der Waals surface area contributed by atoms with Crippen LogP contribution in [0.3, 0.4) is 0 Å². The number of anilines is 1.